The molecule has 0 fully saturated rings. The first-order valence-electron chi connectivity index (χ1n) is 4.53. The molecule has 88 valence electrons. The van der Waals surface area contributed by atoms with Gasteiger partial charge in [-0.05, 0) is 0 Å². The summed E-state index contributed by atoms with van der Waals surface area (Å²) >= 11 is 1.19. The lowest BCUT2D eigenvalue weighted by molar-refractivity contribution is -0.140. The summed E-state index contributed by atoms with van der Waals surface area (Å²) in [7, 11) is 1.37. The van der Waals surface area contributed by atoms with Gasteiger partial charge in [-0.2, -0.15) is 0 Å². The van der Waals surface area contributed by atoms with Crippen LogP contribution in [0.5, 0.6) is 5.75 Å². The lowest BCUT2D eigenvalue weighted by Gasteiger charge is -2.07. The van der Waals surface area contributed by atoms with Gasteiger partial charge >= 0.3 is 5.97 Å². The molecule has 1 aromatic heterocycles. The first kappa shape index (κ1) is 12.6. The lowest BCUT2D eigenvalue weighted by Crippen LogP contribution is -2.14. The van der Waals surface area contributed by atoms with Crippen LogP contribution in [0.4, 0.5) is 0 Å². The minimum absolute atomic E-state index is 0.116. The molecule has 0 aliphatic rings. The molecule has 2 N–H and O–H groups in total. The number of hydrogen-bond acceptors (Lipinski definition) is 5. The number of aromatic amines is 1. The van der Waals surface area contributed by atoms with Crippen LogP contribution in [0, 0.1) is 5.92 Å². The van der Waals surface area contributed by atoms with Gasteiger partial charge in [-0.1, -0.05) is 6.92 Å². The Morgan fingerprint density at radius 1 is 1.75 bits per heavy atom. The van der Waals surface area contributed by atoms with Crippen molar-refractivity contribution in [1.29, 1.82) is 0 Å². The molecule has 0 amide bonds. The van der Waals surface area contributed by atoms with Crippen molar-refractivity contribution in [2.24, 2.45) is 5.92 Å². The number of methoxy groups -OCH3 is 1. The summed E-state index contributed by atoms with van der Waals surface area (Å²) in [6.07, 6.45) is 1.26. The highest BCUT2D eigenvalue weighted by Crippen LogP contribution is 2.24. The lowest BCUT2D eigenvalue weighted by atomic mass is 10.2. The van der Waals surface area contributed by atoms with Crippen LogP contribution in [0.2, 0.25) is 0 Å². The van der Waals surface area contributed by atoms with Gasteiger partial charge in [-0.25, -0.2) is 4.98 Å². The second kappa shape index (κ2) is 5.55. The van der Waals surface area contributed by atoms with Crippen LogP contribution in [-0.4, -0.2) is 33.9 Å². The molecule has 0 bridgehead atoms. The van der Waals surface area contributed by atoms with Crippen molar-refractivity contribution in [2.75, 3.05) is 12.9 Å². The van der Waals surface area contributed by atoms with Crippen molar-refractivity contribution in [3.8, 4) is 5.75 Å². The quantitative estimate of drug-likeness (QED) is 0.581. The number of rotatable bonds is 5. The summed E-state index contributed by atoms with van der Waals surface area (Å²) in [6, 6.07) is 0. The smallest absolute Gasteiger partial charge is 0.307 e. The number of carbonyl (C=O) groups is 1. The van der Waals surface area contributed by atoms with Crippen LogP contribution in [0.3, 0.4) is 0 Å². The molecule has 0 aromatic carbocycles. The molecule has 7 heteroatoms. The molecule has 1 aromatic rings. The van der Waals surface area contributed by atoms with Crippen molar-refractivity contribution >= 4 is 17.7 Å². The number of thioether (sulfide) groups is 1. The SMILES string of the molecule is COc1c(SCC(C)C(=O)O)nc[nH]c1=O. The van der Waals surface area contributed by atoms with E-state index >= 15 is 0 Å². The number of hydrogen-bond donors (Lipinski definition) is 2. The third-order valence-corrected chi connectivity index (χ3v) is 3.10. The summed E-state index contributed by atoms with van der Waals surface area (Å²) in [5, 5.41) is 9.11. The van der Waals surface area contributed by atoms with Crippen molar-refractivity contribution in [3.63, 3.8) is 0 Å². The van der Waals surface area contributed by atoms with Crippen LogP contribution in [0.25, 0.3) is 0 Å². The van der Waals surface area contributed by atoms with Crippen LogP contribution in [0.1, 0.15) is 6.92 Å². The van der Waals surface area contributed by atoms with E-state index in [0.29, 0.717) is 10.8 Å². The third-order valence-electron chi connectivity index (χ3n) is 1.87. The van der Waals surface area contributed by atoms with Gasteiger partial charge in [0.2, 0.25) is 5.75 Å². The molecule has 0 radical (unpaired) electrons. The van der Waals surface area contributed by atoms with E-state index in [1.807, 2.05) is 0 Å². The average Bonchev–Trinajstić information content (AvgIpc) is 2.25. The predicted molar refractivity (Wildman–Crippen MR) is 58.9 cm³/mol. The maximum atomic E-state index is 11.3. The molecule has 16 heavy (non-hydrogen) atoms. The Labute approximate surface area is 96.0 Å². The van der Waals surface area contributed by atoms with E-state index in [4.69, 9.17) is 9.84 Å². The van der Waals surface area contributed by atoms with E-state index in [-0.39, 0.29) is 11.3 Å². The standard InChI is InChI=1S/C9H12N2O4S/c1-5(9(13)14)3-16-8-6(15-2)7(12)10-4-11-8/h4-5H,3H2,1-2H3,(H,13,14)(H,10,11,12). The fourth-order valence-corrected chi connectivity index (χ4v) is 1.91. The molecule has 0 aliphatic carbocycles. The van der Waals surface area contributed by atoms with Crippen LogP contribution >= 0.6 is 11.8 Å². The molecule has 6 nitrogen and oxygen atoms in total. The Balaban J connectivity index is 2.78. The zero-order chi connectivity index (χ0) is 12.1. The minimum atomic E-state index is -0.878. The Morgan fingerprint density at radius 3 is 3.00 bits per heavy atom. The fraction of sp³-hybridized carbons (Fsp3) is 0.444. The summed E-state index contributed by atoms with van der Waals surface area (Å²) in [5.74, 6) is -0.931. The van der Waals surface area contributed by atoms with Crippen LogP contribution < -0.4 is 10.3 Å². The molecule has 0 saturated carbocycles. The Hall–Kier alpha value is -1.50. The maximum Gasteiger partial charge on any atom is 0.307 e. The van der Waals surface area contributed by atoms with E-state index in [9.17, 15) is 9.59 Å². The highest BCUT2D eigenvalue weighted by Gasteiger charge is 2.15. The van der Waals surface area contributed by atoms with Gasteiger partial charge in [0, 0.05) is 5.75 Å². The summed E-state index contributed by atoms with van der Waals surface area (Å²) in [5.41, 5.74) is -0.372. The highest BCUT2D eigenvalue weighted by molar-refractivity contribution is 7.99. The summed E-state index contributed by atoms with van der Waals surface area (Å²) in [6.45, 7) is 1.59. The number of carboxylic acid groups (broad SMARTS) is 1. The number of H-pyrrole nitrogens is 1. The Bertz CT molecular complexity index is 432. The average molecular weight is 244 g/mol. The zero-order valence-corrected chi connectivity index (χ0v) is 9.71. The third kappa shape index (κ3) is 2.99. The first-order valence-corrected chi connectivity index (χ1v) is 5.52. The number of nitrogens with one attached hydrogen (secondary N) is 1. The largest absolute Gasteiger partial charge is 0.489 e. The molecule has 1 atom stereocenters. The molecular formula is C9H12N2O4S. The monoisotopic (exact) mass is 244 g/mol. The normalized spacial score (nSPS) is 12.1. The van der Waals surface area contributed by atoms with Crippen molar-refractivity contribution in [2.45, 2.75) is 11.9 Å². The van der Waals surface area contributed by atoms with Gasteiger partial charge in [0.1, 0.15) is 5.03 Å². The second-order valence-electron chi connectivity index (χ2n) is 3.12. The van der Waals surface area contributed by atoms with Crippen molar-refractivity contribution in [1.82, 2.24) is 9.97 Å². The predicted octanol–water partition coefficient (Wildman–Crippen LogP) is 0.591. The Kier molecular flexibility index (Phi) is 4.36. The number of nitrogens with zero attached hydrogens (tertiary/aromatic N) is 1. The van der Waals surface area contributed by atoms with Crippen molar-refractivity contribution in [3.05, 3.63) is 16.7 Å². The molecule has 0 spiro atoms. The minimum Gasteiger partial charge on any atom is -0.489 e. The molecule has 1 rings (SSSR count). The number of ether oxygens (including phenoxy) is 1. The molecule has 0 aliphatic heterocycles. The fourth-order valence-electron chi connectivity index (χ4n) is 0.929. The highest BCUT2D eigenvalue weighted by atomic mass is 32.2. The van der Waals surface area contributed by atoms with Gasteiger partial charge < -0.3 is 14.8 Å². The van der Waals surface area contributed by atoms with E-state index in [1.54, 1.807) is 6.92 Å². The molecule has 1 heterocycles. The van der Waals surface area contributed by atoms with Gasteiger partial charge in [0.25, 0.3) is 5.56 Å². The molecule has 1 unspecified atom stereocenters. The number of carboxylic acids is 1. The summed E-state index contributed by atoms with van der Waals surface area (Å²) < 4.78 is 4.89. The van der Waals surface area contributed by atoms with E-state index in [0.717, 1.165) is 0 Å². The second-order valence-corrected chi connectivity index (χ2v) is 4.13. The van der Waals surface area contributed by atoms with Gasteiger partial charge in [-0.3, -0.25) is 9.59 Å². The van der Waals surface area contributed by atoms with Gasteiger partial charge in [0.05, 0.1) is 19.4 Å². The first-order chi connectivity index (χ1) is 7.56. The van der Waals surface area contributed by atoms with E-state index < -0.39 is 11.9 Å². The van der Waals surface area contributed by atoms with E-state index in [1.165, 1.54) is 25.2 Å². The van der Waals surface area contributed by atoms with Crippen molar-refractivity contribution < 1.29 is 14.6 Å². The van der Waals surface area contributed by atoms with Crippen LogP contribution in [-0.2, 0) is 4.79 Å². The van der Waals surface area contributed by atoms with E-state index in [2.05, 4.69) is 9.97 Å². The zero-order valence-electron chi connectivity index (χ0n) is 8.89. The van der Waals surface area contributed by atoms with Crippen LogP contribution in [0.15, 0.2) is 16.1 Å². The number of aliphatic carboxylic acids is 1. The topological polar surface area (TPSA) is 92.3 Å². The maximum absolute atomic E-state index is 11.3. The molecular weight excluding hydrogens is 232 g/mol. The van der Waals surface area contributed by atoms with Gasteiger partial charge in [0.15, 0.2) is 0 Å². The summed E-state index contributed by atoms with van der Waals surface area (Å²) in [4.78, 5) is 28.2. The van der Waals surface area contributed by atoms with Gasteiger partial charge in [-0.15, -0.1) is 11.8 Å². The number of aromatic nitrogens is 2. The Morgan fingerprint density at radius 2 is 2.44 bits per heavy atom. The molecule has 0 saturated heterocycles.